The van der Waals surface area contributed by atoms with Crippen molar-refractivity contribution in [1.29, 1.82) is 0 Å². The molecule has 0 aliphatic carbocycles. The van der Waals surface area contributed by atoms with Gasteiger partial charge in [-0.1, -0.05) is 61.4 Å². The van der Waals surface area contributed by atoms with Crippen molar-refractivity contribution in [3.05, 3.63) is 89.6 Å². The van der Waals surface area contributed by atoms with Crippen LogP contribution in [0.25, 0.3) is 10.9 Å². The number of para-hydroxylation sites is 1. The van der Waals surface area contributed by atoms with E-state index in [4.69, 9.17) is 15.5 Å². The van der Waals surface area contributed by atoms with Crippen LogP contribution in [0.3, 0.4) is 0 Å². The molecular weight excluding hydrogens is 658 g/mol. The molecule has 0 bridgehead atoms. The molecule has 5 rings (SSSR count). The number of fused-ring (bicyclic) bond motifs is 1. The zero-order valence-electron chi connectivity index (χ0n) is 31.1. The molecule has 1 aliphatic rings. The Morgan fingerprint density at radius 3 is 2.37 bits per heavy atom. The highest BCUT2D eigenvalue weighted by atomic mass is 16.6. The predicted molar refractivity (Wildman–Crippen MR) is 201 cm³/mol. The lowest BCUT2D eigenvalue weighted by atomic mass is 9.84. The van der Waals surface area contributed by atoms with Gasteiger partial charge in [-0.15, -0.1) is 0 Å². The highest BCUT2D eigenvalue weighted by Gasteiger charge is 2.38. The SMILES string of the molecule is CC(C)(C)OC(=O)[C@@H](CCCCCN)NC(=O)C(C)(C)c1cnc([C@@H](Cc2c[nH]c3ccccc23)NC(=O)N2CCC(O)(c3ccccc3)CC2)[nH]1. The van der Waals surface area contributed by atoms with E-state index in [9.17, 15) is 19.5 Å². The summed E-state index contributed by atoms with van der Waals surface area (Å²) < 4.78 is 5.65. The maximum atomic E-state index is 13.9. The molecule has 2 aromatic carbocycles. The Hall–Kier alpha value is -4.68. The number of nitrogens with one attached hydrogen (secondary N) is 4. The second-order valence-electron chi connectivity index (χ2n) is 15.5. The highest BCUT2D eigenvalue weighted by molar-refractivity contribution is 5.91. The molecule has 1 fully saturated rings. The van der Waals surface area contributed by atoms with Crippen molar-refractivity contribution in [3.63, 3.8) is 0 Å². The molecule has 2 aromatic heterocycles. The van der Waals surface area contributed by atoms with Gasteiger partial charge in [-0.2, -0.15) is 0 Å². The van der Waals surface area contributed by atoms with E-state index in [-0.39, 0.29) is 11.9 Å². The molecule has 2 atom stereocenters. The average molecular weight is 714 g/mol. The first-order valence-corrected chi connectivity index (χ1v) is 18.4. The Bertz CT molecular complexity index is 1800. The Labute approximate surface area is 306 Å². The van der Waals surface area contributed by atoms with E-state index in [2.05, 4.69) is 20.6 Å². The van der Waals surface area contributed by atoms with Crippen LogP contribution in [0, 0.1) is 0 Å². The monoisotopic (exact) mass is 713 g/mol. The van der Waals surface area contributed by atoms with Gasteiger partial charge in [0.2, 0.25) is 5.91 Å². The van der Waals surface area contributed by atoms with E-state index in [1.165, 1.54) is 0 Å². The number of H-pyrrole nitrogens is 2. The van der Waals surface area contributed by atoms with Crippen LogP contribution >= 0.6 is 0 Å². The molecule has 7 N–H and O–H groups in total. The fourth-order valence-corrected chi connectivity index (χ4v) is 6.68. The topological polar surface area (TPSA) is 178 Å². The number of carbonyl (C=O) groups is 3. The number of hydrogen-bond acceptors (Lipinski definition) is 7. The first-order chi connectivity index (χ1) is 24.7. The summed E-state index contributed by atoms with van der Waals surface area (Å²) in [5, 5.41) is 18.5. The van der Waals surface area contributed by atoms with Gasteiger partial charge in [-0.05, 0) is 84.0 Å². The van der Waals surface area contributed by atoms with Gasteiger partial charge in [0, 0.05) is 48.5 Å². The van der Waals surface area contributed by atoms with Crippen LogP contribution in [0.2, 0.25) is 0 Å². The summed E-state index contributed by atoms with van der Waals surface area (Å²) in [5.74, 6) is -0.331. The lowest BCUT2D eigenvalue weighted by Gasteiger charge is -2.39. The molecule has 0 spiro atoms. The standard InChI is InChI=1S/C40H55N7O5/c1-38(2,3)52-35(48)31(18-10-7-13-21-41)44-36(49)39(4,5)33-26-43-34(46-33)32(24-27-25-42-30-17-12-11-16-29(27)30)45-37(50)47-22-19-40(51,20-23-47)28-14-8-6-9-15-28/h6,8-9,11-12,14-17,25-26,31-32,42,51H,7,10,13,18-24,41H2,1-5H3,(H,43,46)(H,44,49)(H,45,50)/t31-,32-/m1/s1. The van der Waals surface area contributed by atoms with Gasteiger partial charge in [-0.25, -0.2) is 14.6 Å². The Kier molecular flexibility index (Phi) is 12.1. The molecule has 0 unspecified atom stereocenters. The fraction of sp³-hybridized carbons (Fsp3) is 0.500. The number of aliphatic hydroxyl groups is 1. The van der Waals surface area contributed by atoms with E-state index in [0.717, 1.165) is 34.9 Å². The quantitative estimate of drug-likeness (QED) is 0.0739. The zero-order chi connectivity index (χ0) is 37.5. The molecule has 12 nitrogen and oxygen atoms in total. The van der Waals surface area contributed by atoms with Crippen molar-refractivity contribution in [3.8, 4) is 0 Å². The second-order valence-corrected chi connectivity index (χ2v) is 15.5. The van der Waals surface area contributed by atoms with E-state index < -0.39 is 34.7 Å². The summed E-state index contributed by atoms with van der Waals surface area (Å²) in [5.41, 5.74) is 6.25. The van der Waals surface area contributed by atoms with E-state index >= 15 is 0 Å². The van der Waals surface area contributed by atoms with Crippen LogP contribution in [0.1, 0.15) is 102 Å². The maximum Gasteiger partial charge on any atom is 0.329 e. The molecule has 3 heterocycles. The lowest BCUT2D eigenvalue weighted by Crippen LogP contribution is -2.50. The van der Waals surface area contributed by atoms with Crippen LogP contribution < -0.4 is 16.4 Å². The number of urea groups is 1. The maximum absolute atomic E-state index is 13.9. The number of esters is 1. The molecular formula is C40H55N7O5. The number of imidazole rings is 1. The predicted octanol–water partition coefficient (Wildman–Crippen LogP) is 5.49. The number of likely N-dealkylation sites (tertiary alicyclic amines) is 1. The van der Waals surface area contributed by atoms with Crippen LogP contribution in [-0.2, 0) is 31.8 Å². The number of nitrogens with two attached hydrogens (primary N) is 1. The molecule has 1 aliphatic heterocycles. The third kappa shape index (κ3) is 9.40. The summed E-state index contributed by atoms with van der Waals surface area (Å²) in [4.78, 5) is 53.9. The first kappa shape index (κ1) is 38.5. The number of unbranched alkanes of at least 4 members (excludes halogenated alkanes) is 2. The van der Waals surface area contributed by atoms with Crippen LogP contribution in [-0.4, -0.2) is 74.1 Å². The molecule has 12 heteroatoms. The minimum Gasteiger partial charge on any atom is -0.458 e. The summed E-state index contributed by atoms with van der Waals surface area (Å²) in [6, 6.07) is 15.9. The number of hydrogen-bond donors (Lipinski definition) is 6. The lowest BCUT2D eigenvalue weighted by molar-refractivity contribution is -0.159. The number of ether oxygens (including phenoxy) is 1. The third-order valence-corrected chi connectivity index (χ3v) is 9.95. The van der Waals surface area contributed by atoms with Crippen LogP contribution in [0.4, 0.5) is 4.79 Å². The minimum atomic E-state index is -1.10. The normalized spacial score (nSPS) is 15.9. The summed E-state index contributed by atoms with van der Waals surface area (Å²) >= 11 is 0. The van der Waals surface area contributed by atoms with E-state index in [1.807, 2.05) is 60.8 Å². The Morgan fingerprint density at radius 1 is 0.981 bits per heavy atom. The Balaban J connectivity index is 1.34. The molecule has 0 radical (unpaired) electrons. The van der Waals surface area contributed by atoms with Gasteiger partial charge in [-0.3, -0.25) is 4.79 Å². The number of amides is 3. The third-order valence-electron chi connectivity index (χ3n) is 9.95. The molecule has 280 valence electrons. The number of piperidine rings is 1. The highest BCUT2D eigenvalue weighted by Crippen LogP contribution is 2.33. The molecule has 4 aromatic rings. The number of aromatic nitrogens is 3. The van der Waals surface area contributed by atoms with Crippen molar-refractivity contribution < 1.29 is 24.2 Å². The number of rotatable bonds is 14. The van der Waals surface area contributed by atoms with Crippen molar-refractivity contribution in [2.45, 2.75) is 108 Å². The van der Waals surface area contributed by atoms with Crippen molar-refractivity contribution in [1.82, 2.24) is 30.5 Å². The second kappa shape index (κ2) is 16.3. The van der Waals surface area contributed by atoms with E-state index in [1.54, 1.807) is 45.7 Å². The van der Waals surface area contributed by atoms with Crippen LogP contribution in [0.5, 0.6) is 0 Å². The van der Waals surface area contributed by atoms with Crippen LogP contribution in [0.15, 0.2) is 67.0 Å². The molecule has 1 saturated heterocycles. The first-order valence-electron chi connectivity index (χ1n) is 18.4. The molecule has 3 amide bonds. The fourth-order valence-electron chi connectivity index (χ4n) is 6.68. The largest absolute Gasteiger partial charge is 0.458 e. The van der Waals surface area contributed by atoms with Crippen molar-refractivity contribution in [2.75, 3.05) is 19.6 Å². The van der Waals surface area contributed by atoms with Gasteiger partial charge in [0.15, 0.2) is 0 Å². The van der Waals surface area contributed by atoms with Gasteiger partial charge in [0.05, 0.1) is 17.1 Å². The zero-order valence-corrected chi connectivity index (χ0v) is 31.1. The molecule has 52 heavy (non-hydrogen) atoms. The Morgan fingerprint density at radius 2 is 1.67 bits per heavy atom. The van der Waals surface area contributed by atoms with Gasteiger partial charge < -0.3 is 41.1 Å². The summed E-state index contributed by atoms with van der Waals surface area (Å²) in [6.07, 6.45) is 7.66. The van der Waals surface area contributed by atoms with Gasteiger partial charge >= 0.3 is 12.0 Å². The van der Waals surface area contributed by atoms with Crippen molar-refractivity contribution >= 4 is 28.8 Å². The molecule has 0 saturated carbocycles. The van der Waals surface area contributed by atoms with Gasteiger partial charge in [0.25, 0.3) is 0 Å². The minimum absolute atomic E-state index is 0.259. The number of benzene rings is 2. The number of carbonyl (C=O) groups excluding carboxylic acids is 3. The smallest absolute Gasteiger partial charge is 0.329 e. The average Bonchev–Trinajstić information content (AvgIpc) is 3.78. The summed E-state index contributed by atoms with van der Waals surface area (Å²) in [6.45, 7) is 10.3. The summed E-state index contributed by atoms with van der Waals surface area (Å²) in [7, 11) is 0. The van der Waals surface area contributed by atoms with Crippen molar-refractivity contribution in [2.24, 2.45) is 5.73 Å². The number of aromatic amines is 2. The van der Waals surface area contributed by atoms with E-state index in [0.29, 0.717) is 63.3 Å². The number of nitrogens with zero attached hydrogens (tertiary/aromatic N) is 2. The van der Waals surface area contributed by atoms with Gasteiger partial charge in [0.1, 0.15) is 17.5 Å².